The minimum Gasteiger partial charge on any atom is -0.307 e. The number of carbonyl (C=O) groups excluding carboxylic acids is 1. The van der Waals surface area contributed by atoms with Gasteiger partial charge in [-0.25, -0.2) is 4.98 Å². The Morgan fingerprint density at radius 2 is 2.38 bits per heavy atom. The molecule has 0 aromatic carbocycles. The van der Waals surface area contributed by atoms with Crippen molar-refractivity contribution in [3.8, 4) is 0 Å². The van der Waals surface area contributed by atoms with Crippen molar-refractivity contribution in [1.82, 2.24) is 9.38 Å². The van der Waals surface area contributed by atoms with Gasteiger partial charge < -0.3 is 9.20 Å². The maximum Gasteiger partial charge on any atom is 0.136 e. The van der Waals surface area contributed by atoms with Gasteiger partial charge in [-0.1, -0.05) is 6.07 Å². The summed E-state index contributed by atoms with van der Waals surface area (Å²) in [5.41, 5.74) is 1.90. The summed E-state index contributed by atoms with van der Waals surface area (Å²) in [7, 11) is 0. The Hall–Kier alpha value is -1.64. The molecule has 0 radical (unpaired) electrons. The van der Waals surface area contributed by atoms with Gasteiger partial charge in [0, 0.05) is 18.8 Å². The van der Waals surface area contributed by atoms with Crippen LogP contribution in [0.15, 0.2) is 30.6 Å². The van der Waals surface area contributed by atoms with Crippen molar-refractivity contribution in [1.29, 1.82) is 0 Å². The quantitative estimate of drug-likeness (QED) is 0.660. The Labute approximate surface area is 76.0 Å². The number of aldehydes is 1. The Kier molecular flexibility index (Phi) is 2.08. The SMILES string of the molecule is O=CCCc1cn2ccccc2n1. The zero-order chi connectivity index (χ0) is 9.10. The van der Waals surface area contributed by atoms with E-state index in [9.17, 15) is 4.79 Å². The van der Waals surface area contributed by atoms with Gasteiger partial charge in [0.1, 0.15) is 11.9 Å². The maximum absolute atomic E-state index is 10.2. The van der Waals surface area contributed by atoms with Crippen LogP contribution in [0.1, 0.15) is 12.1 Å². The fourth-order valence-electron chi connectivity index (χ4n) is 1.31. The monoisotopic (exact) mass is 174 g/mol. The van der Waals surface area contributed by atoms with Crippen LogP contribution < -0.4 is 0 Å². The molecular weight excluding hydrogens is 164 g/mol. The highest BCUT2D eigenvalue weighted by Crippen LogP contribution is 2.05. The number of rotatable bonds is 3. The molecule has 0 saturated carbocycles. The predicted molar refractivity (Wildman–Crippen MR) is 49.6 cm³/mol. The minimum atomic E-state index is 0.546. The number of imidazole rings is 1. The maximum atomic E-state index is 10.2. The molecule has 2 aromatic rings. The van der Waals surface area contributed by atoms with Crippen LogP contribution in [0.25, 0.3) is 5.65 Å². The van der Waals surface area contributed by atoms with Crippen LogP contribution >= 0.6 is 0 Å². The second-order valence-electron chi connectivity index (χ2n) is 2.90. The van der Waals surface area contributed by atoms with Crippen LogP contribution in [-0.2, 0) is 11.2 Å². The first kappa shape index (κ1) is 7.98. The van der Waals surface area contributed by atoms with Gasteiger partial charge in [0.25, 0.3) is 0 Å². The number of hydrogen-bond acceptors (Lipinski definition) is 2. The van der Waals surface area contributed by atoms with Crippen molar-refractivity contribution in [2.75, 3.05) is 0 Å². The molecule has 3 nitrogen and oxygen atoms in total. The third kappa shape index (κ3) is 1.59. The van der Waals surface area contributed by atoms with E-state index in [2.05, 4.69) is 4.98 Å². The van der Waals surface area contributed by atoms with Gasteiger partial charge in [-0.2, -0.15) is 0 Å². The standard InChI is InChI=1S/C10H10N2O/c13-7-3-4-9-8-12-6-2-1-5-10(12)11-9/h1-2,5-8H,3-4H2. The second-order valence-corrected chi connectivity index (χ2v) is 2.90. The highest BCUT2D eigenvalue weighted by molar-refractivity contribution is 5.50. The Bertz CT molecular complexity index is 387. The molecule has 2 heterocycles. The van der Waals surface area contributed by atoms with E-state index in [1.54, 1.807) is 0 Å². The second kappa shape index (κ2) is 3.39. The summed E-state index contributed by atoms with van der Waals surface area (Å²) < 4.78 is 1.96. The molecule has 2 aromatic heterocycles. The lowest BCUT2D eigenvalue weighted by Gasteiger charge is -1.86. The highest BCUT2D eigenvalue weighted by atomic mass is 16.1. The third-order valence-electron chi connectivity index (χ3n) is 1.93. The zero-order valence-corrected chi connectivity index (χ0v) is 7.18. The Balaban J connectivity index is 2.32. The lowest BCUT2D eigenvalue weighted by Crippen LogP contribution is -1.84. The molecule has 13 heavy (non-hydrogen) atoms. The van der Waals surface area contributed by atoms with Gasteiger partial charge >= 0.3 is 0 Å². The average Bonchev–Trinajstić information content (AvgIpc) is 2.57. The van der Waals surface area contributed by atoms with E-state index in [4.69, 9.17) is 0 Å². The lowest BCUT2D eigenvalue weighted by atomic mass is 10.3. The first-order valence-corrected chi connectivity index (χ1v) is 4.26. The topological polar surface area (TPSA) is 34.4 Å². The van der Waals surface area contributed by atoms with Crippen LogP contribution in [0, 0.1) is 0 Å². The number of aryl methyl sites for hydroxylation is 1. The number of hydrogen-bond donors (Lipinski definition) is 0. The normalized spacial score (nSPS) is 10.5. The smallest absolute Gasteiger partial charge is 0.136 e. The van der Waals surface area contributed by atoms with Gasteiger partial charge in [0.2, 0.25) is 0 Å². The predicted octanol–water partition coefficient (Wildman–Crippen LogP) is 1.47. The van der Waals surface area contributed by atoms with Crippen molar-refractivity contribution < 1.29 is 4.79 Å². The van der Waals surface area contributed by atoms with Gasteiger partial charge in [-0.3, -0.25) is 0 Å². The average molecular weight is 174 g/mol. The molecule has 0 aliphatic rings. The fraction of sp³-hybridized carbons (Fsp3) is 0.200. The van der Waals surface area contributed by atoms with Crippen molar-refractivity contribution in [2.45, 2.75) is 12.8 Å². The van der Waals surface area contributed by atoms with E-state index in [0.717, 1.165) is 24.0 Å². The molecule has 0 bridgehead atoms. The van der Waals surface area contributed by atoms with Crippen molar-refractivity contribution in [3.05, 3.63) is 36.3 Å². The summed E-state index contributed by atoms with van der Waals surface area (Å²) >= 11 is 0. The molecular formula is C10H10N2O. The molecule has 0 fully saturated rings. The number of fused-ring (bicyclic) bond motifs is 1. The van der Waals surface area contributed by atoms with Gasteiger partial charge in [-0.05, 0) is 18.6 Å². The summed E-state index contributed by atoms with van der Waals surface area (Å²) in [4.78, 5) is 14.5. The van der Waals surface area contributed by atoms with Crippen LogP contribution in [-0.4, -0.2) is 15.7 Å². The van der Waals surface area contributed by atoms with E-state index >= 15 is 0 Å². The largest absolute Gasteiger partial charge is 0.307 e. The van der Waals surface area contributed by atoms with Crippen LogP contribution in [0.2, 0.25) is 0 Å². The number of pyridine rings is 1. The summed E-state index contributed by atoms with van der Waals surface area (Å²) in [6.45, 7) is 0. The lowest BCUT2D eigenvalue weighted by molar-refractivity contribution is -0.107. The van der Waals surface area contributed by atoms with Crippen LogP contribution in [0.3, 0.4) is 0 Å². The van der Waals surface area contributed by atoms with E-state index in [-0.39, 0.29) is 0 Å². The molecule has 66 valence electrons. The minimum absolute atomic E-state index is 0.546. The highest BCUT2D eigenvalue weighted by Gasteiger charge is 1.98. The molecule has 0 aliphatic heterocycles. The third-order valence-corrected chi connectivity index (χ3v) is 1.93. The summed E-state index contributed by atoms with van der Waals surface area (Å²) in [6, 6.07) is 5.86. The van der Waals surface area contributed by atoms with Gasteiger partial charge in [0.15, 0.2) is 0 Å². The van der Waals surface area contributed by atoms with Gasteiger partial charge in [0.05, 0.1) is 5.69 Å². The van der Waals surface area contributed by atoms with E-state index in [1.807, 2.05) is 35.0 Å². The van der Waals surface area contributed by atoms with Crippen molar-refractivity contribution in [2.24, 2.45) is 0 Å². The molecule has 0 saturated heterocycles. The molecule has 0 unspecified atom stereocenters. The molecule has 0 aliphatic carbocycles. The summed E-state index contributed by atoms with van der Waals surface area (Å²) in [5, 5.41) is 0. The molecule has 0 N–H and O–H groups in total. The molecule has 3 heteroatoms. The first-order valence-electron chi connectivity index (χ1n) is 4.26. The van der Waals surface area contributed by atoms with Crippen LogP contribution in [0.4, 0.5) is 0 Å². The number of carbonyl (C=O) groups is 1. The van der Waals surface area contributed by atoms with Gasteiger partial charge in [-0.15, -0.1) is 0 Å². The van der Waals surface area contributed by atoms with Crippen molar-refractivity contribution >= 4 is 11.9 Å². The first-order chi connectivity index (χ1) is 6.40. The van der Waals surface area contributed by atoms with Crippen molar-refractivity contribution in [3.63, 3.8) is 0 Å². The zero-order valence-electron chi connectivity index (χ0n) is 7.18. The van der Waals surface area contributed by atoms with E-state index < -0.39 is 0 Å². The van der Waals surface area contributed by atoms with E-state index in [0.29, 0.717) is 6.42 Å². The van der Waals surface area contributed by atoms with E-state index in [1.165, 1.54) is 0 Å². The Morgan fingerprint density at radius 1 is 1.46 bits per heavy atom. The summed E-state index contributed by atoms with van der Waals surface area (Å²) in [6.07, 6.45) is 6.10. The molecule has 0 atom stereocenters. The Morgan fingerprint density at radius 3 is 3.15 bits per heavy atom. The molecule has 0 amide bonds. The number of nitrogens with zero attached hydrogens (tertiary/aromatic N) is 2. The fourth-order valence-corrected chi connectivity index (χ4v) is 1.31. The molecule has 0 spiro atoms. The van der Waals surface area contributed by atoms with Crippen LogP contribution in [0.5, 0.6) is 0 Å². The summed E-state index contributed by atoms with van der Waals surface area (Å²) in [5.74, 6) is 0. The number of aromatic nitrogens is 2. The molecule has 2 rings (SSSR count).